The number of rotatable bonds is 4. The van der Waals surface area contributed by atoms with Gasteiger partial charge in [-0.1, -0.05) is 42.5 Å². The fourth-order valence-corrected chi connectivity index (χ4v) is 3.33. The number of aromatic nitrogens is 3. The number of benzene rings is 2. The molecule has 0 bridgehead atoms. The van der Waals surface area contributed by atoms with E-state index in [-0.39, 0.29) is 18.4 Å². The molecule has 0 saturated carbocycles. The number of H-pyrrole nitrogens is 1. The maximum absolute atomic E-state index is 12.0. The molecule has 0 fully saturated rings. The quantitative estimate of drug-likeness (QED) is 0.472. The van der Waals surface area contributed by atoms with Crippen molar-refractivity contribution in [1.29, 1.82) is 0 Å². The van der Waals surface area contributed by atoms with Gasteiger partial charge in [-0.15, -0.1) is 12.4 Å². The van der Waals surface area contributed by atoms with Gasteiger partial charge in [0, 0.05) is 22.9 Å². The summed E-state index contributed by atoms with van der Waals surface area (Å²) >= 11 is 0. The van der Waals surface area contributed by atoms with Gasteiger partial charge in [-0.2, -0.15) is 0 Å². The number of carbonyl (C=O) groups is 1. The maximum atomic E-state index is 12.0. The number of primary amides is 1. The molecule has 5 N–H and O–H groups in total. The summed E-state index contributed by atoms with van der Waals surface area (Å²) in [6.07, 6.45) is 1.61. The zero-order valence-corrected chi connectivity index (χ0v) is 16.5. The van der Waals surface area contributed by atoms with Gasteiger partial charge in [-0.05, 0) is 36.2 Å². The fraction of sp³-hybridized carbons (Fsp3) is 0.0455. The lowest BCUT2D eigenvalue weighted by Crippen LogP contribution is -2.12. The molecule has 0 spiro atoms. The molecule has 4 rings (SSSR count). The first-order valence-corrected chi connectivity index (χ1v) is 8.81. The van der Waals surface area contributed by atoms with Crippen LogP contribution in [0.2, 0.25) is 0 Å². The zero-order chi connectivity index (χ0) is 19.7. The number of halogens is 1. The first-order valence-electron chi connectivity index (χ1n) is 8.81. The predicted molar refractivity (Wildman–Crippen MR) is 118 cm³/mol. The van der Waals surface area contributed by atoms with Crippen LogP contribution < -0.4 is 11.5 Å². The molecule has 7 heteroatoms. The van der Waals surface area contributed by atoms with Crippen LogP contribution in [0.15, 0.2) is 66.9 Å². The van der Waals surface area contributed by atoms with E-state index in [1.807, 2.05) is 49.4 Å². The Hall–Kier alpha value is -3.64. The molecule has 1 amide bonds. The second kappa shape index (κ2) is 8.16. The summed E-state index contributed by atoms with van der Waals surface area (Å²) in [7, 11) is 0. The molecule has 2 aromatic carbocycles. The highest BCUT2D eigenvalue weighted by Crippen LogP contribution is 2.38. The van der Waals surface area contributed by atoms with E-state index in [2.05, 4.69) is 15.0 Å². The number of hydrogen-bond donors (Lipinski definition) is 3. The van der Waals surface area contributed by atoms with E-state index in [4.69, 9.17) is 11.5 Å². The van der Waals surface area contributed by atoms with E-state index in [0.717, 1.165) is 33.6 Å². The summed E-state index contributed by atoms with van der Waals surface area (Å²) in [4.78, 5) is 23.7. The molecule has 146 valence electrons. The number of nitrogens with two attached hydrogens (primary N) is 2. The summed E-state index contributed by atoms with van der Waals surface area (Å²) in [5.74, 6) is -0.274. The SMILES string of the molecule is Cc1ccccc1-c1[nH]c(-c2ccnc(N)n2)cc1-c1ccccc1C(N)=O.Cl. The molecule has 0 atom stereocenters. The van der Waals surface area contributed by atoms with Gasteiger partial charge in [0.15, 0.2) is 0 Å². The highest BCUT2D eigenvalue weighted by atomic mass is 35.5. The summed E-state index contributed by atoms with van der Waals surface area (Å²) in [5, 5.41) is 0. The number of nitrogen functional groups attached to an aromatic ring is 1. The van der Waals surface area contributed by atoms with E-state index >= 15 is 0 Å². The van der Waals surface area contributed by atoms with Crippen molar-refractivity contribution in [2.75, 3.05) is 5.73 Å². The normalized spacial score (nSPS) is 10.4. The molecule has 0 saturated heterocycles. The van der Waals surface area contributed by atoms with E-state index in [1.54, 1.807) is 24.4 Å². The van der Waals surface area contributed by atoms with E-state index < -0.39 is 5.91 Å². The van der Waals surface area contributed by atoms with Crippen molar-refractivity contribution < 1.29 is 4.79 Å². The third-order valence-electron chi connectivity index (χ3n) is 4.66. The lowest BCUT2D eigenvalue weighted by molar-refractivity contribution is 0.100. The minimum atomic E-state index is -0.472. The Morgan fingerprint density at radius 2 is 1.66 bits per heavy atom. The van der Waals surface area contributed by atoms with Crippen molar-refractivity contribution in [2.24, 2.45) is 5.73 Å². The Balaban J connectivity index is 0.00000240. The maximum Gasteiger partial charge on any atom is 0.249 e. The van der Waals surface area contributed by atoms with Crippen molar-refractivity contribution in [3.63, 3.8) is 0 Å². The predicted octanol–water partition coefficient (Wildman–Crippen LogP) is 4.22. The van der Waals surface area contributed by atoms with Gasteiger partial charge >= 0.3 is 0 Å². The molecular weight excluding hydrogens is 386 g/mol. The largest absolute Gasteiger partial charge is 0.368 e. The summed E-state index contributed by atoms with van der Waals surface area (Å²) in [5.41, 5.74) is 18.0. The number of amides is 1. The molecule has 2 aromatic heterocycles. The van der Waals surface area contributed by atoms with Crippen molar-refractivity contribution in [1.82, 2.24) is 15.0 Å². The lowest BCUT2D eigenvalue weighted by atomic mass is 9.95. The van der Waals surface area contributed by atoms with Crippen LogP contribution in [0.4, 0.5) is 5.95 Å². The molecule has 4 aromatic rings. The average molecular weight is 406 g/mol. The van der Waals surface area contributed by atoms with Gasteiger partial charge in [0.05, 0.1) is 17.1 Å². The van der Waals surface area contributed by atoms with Crippen LogP contribution in [0, 0.1) is 6.92 Å². The van der Waals surface area contributed by atoms with Gasteiger partial charge in [0.1, 0.15) is 0 Å². The van der Waals surface area contributed by atoms with Crippen LogP contribution in [-0.2, 0) is 0 Å². The highest BCUT2D eigenvalue weighted by molar-refractivity contribution is 6.02. The van der Waals surface area contributed by atoms with Crippen molar-refractivity contribution in [2.45, 2.75) is 6.92 Å². The van der Waals surface area contributed by atoms with Gasteiger partial charge < -0.3 is 16.5 Å². The van der Waals surface area contributed by atoms with Crippen LogP contribution in [0.1, 0.15) is 15.9 Å². The Labute approximate surface area is 174 Å². The average Bonchev–Trinajstić information content (AvgIpc) is 3.13. The van der Waals surface area contributed by atoms with E-state index in [1.165, 1.54) is 0 Å². The monoisotopic (exact) mass is 405 g/mol. The minimum absolute atomic E-state index is 0. The topological polar surface area (TPSA) is 111 Å². The molecule has 0 unspecified atom stereocenters. The summed E-state index contributed by atoms with van der Waals surface area (Å²) < 4.78 is 0. The highest BCUT2D eigenvalue weighted by Gasteiger charge is 2.19. The number of aryl methyl sites for hydroxylation is 1. The molecule has 0 aliphatic heterocycles. The van der Waals surface area contributed by atoms with Gasteiger partial charge in [0.25, 0.3) is 0 Å². The Morgan fingerprint density at radius 1 is 0.966 bits per heavy atom. The fourth-order valence-electron chi connectivity index (χ4n) is 3.33. The molecule has 0 aliphatic rings. The second-order valence-corrected chi connectivity index (χ2v) is 6.50. The smallest absolute Gasteiger partial charge is 0.249 e. The van der Waals surface area contributed by atoms with Crippen LogP contribution >= 0.6 is 12.4 Å². The summed E-state index contributed by atoms with van der Waals surface area (Å²) in [6, 6.07) is 19.1. The molecule has 29 heavy (non-hydrogen) atoms. The second-order valence-electron chi connectivity index (χ2n) is 6.50. The van der Waals surface area contributed by atoms with Crippen LogP contribution in [0.3, 0.4) is 0 Å². The van der Waals surface area contributed by atoms with Crippen LogP contribution in [0.5, 0.6) is 0 Å². The number of aromatic amines is 1. The zero-order valence-electron chi connectivity index (χ0n) is 15.7. The van der Waals surface area contributed by atoms with E-state index in [9.17, 15) is 4.79 Å². The number of nitrogens with zero attached hydrogens (tertiary/aromatic N) is 2. The number of nitrogens with one attached hydrogen (secondary N) is 1. The van der Waals surface area contributed by atoms with Crippen molar-refractivity contribution in [3.05, 3.63) is 78.0 Å². The molecule has 0 radical (unpaired) electrons. The Morgan fingerprint density at radius 3 is 2.34 bits per heavy atom. The van der Waals surface area contributed by atoms with Crippen molar-refractivity contribution in [3.8, 4) is 33.8 Å². The Bertz CT molecular complexity index is 1190. The molecule has 6 nitrogen and oxygen atoms in total. The molecular formula is C22H20ClN5O. The minimum Gasteiger partial charge on any atom is -0.368 e. The van der Waals surface area contributed by atoms with Crippen LogP contribution in [0.25, 0.3) is 33.8 Å². The molecule has 0 aliphatic carbocycles. The standard InChI is InChI=1S/C22H19N5O.ClH/c1-13-6-2-3-7-14(13)20-17(15-8-4-5-9-16(15)21(23)28)12-19(26-20)18-10-11-25-22(24)27-18;/h2-12,26H,1H3,(H2,23,28)(H2,24,25,27);1H. The number of anilines is 1. The van der Waals surface area contributed by atoms with Crippen LogP contribution in [-0.4, -0.2) is 20.9 Å². The number of hydrogen-bond acceptors (Lipinski definition) is 4. The van der Waals surface area contributed by atoms with Gasteiger partial charge in [0.2, 0.25) is 11.9 Å². The third kappa shape index (κ3) is 3.83. The third-order valence-corrected chi connectivity index (χ3v) is 4.66. The van der Waals surface area contributed by atoms with Gasteiger partial charge in [-0.3, -0.25) is 4.79 Å². The summed E-state index contributed by atoms with van der Waals surface area (Å²) in [6.45, 7) is 2.04. The number of carbonyl (C=O) groups excluding carboxylic acids is 1. The first-order chi connectivity index (χ1) is 13.5. The van der Waals surface area contributed by atoms with Gasteiger partial charge in [-0.25, -0.2) is 9.97 Å². The first kappa shape index (κ1) is 20.1. The Kier molecular flexibility index (Phi) is 5.66. The van der Waals surface area contributed by atoms with Crippen molar-refractivity contribution >= 4 is 24.3 Å². The lowest BCUT2D eigenvalue weighted by Gasteiger charge is -2.10. The molecule has 2 heterocycles. The van der Waals surface area contributed by atoms with E-state index in [0.29, 0.717) is 11.3 Å².